The van der Waals surface area contributed by atoms with E-state index in [1.54, 1.807) is 0 Å². The van der Waals surface area contributed by atoms with Gasteiger partial charge in [-0.25, -0.2) is 0 Å². The summed E-state index contributed by atoms with van der Waals surface area (Å²) in [6, 6.07) is 3.73. The van der Waals surface area contributed by atoms with Gasteiger partial charge >= 0.3 is 6.18 Å². The molecule has 1 aromatic rings. The minimum Gasteiger partial charge on any atom is -0.382 e. The number of nitrogens with zero attached hydrogens (tertiary/aromatic N) is 1. The second-order valence-electron chi connectivity index (χ2n) is 5.87. The highest BCUT2D eigenvalue weighted by Gasteiger charge is 2.36. The summed E-state index contributed by atoms with van der Waals surface area (Å²) in [5.74, 6) is 0. The van der Waals surface area contributed by atoms with Crippen LogP contribution < -0.4 is 5.32 Å². The molecule has 2 nitrogen and oxygen atoms in total. The van der Waals surface area contributed by atoms with Gasteiger partial charge in [0.05, 0.1) is 5.56 Å². The number of benzene rings is 1. The van der Waals surface area contributed by atoms with E-state index >= 15 is 0 Å². The molecule has 0 bridgehead atoms. The molecule has 1 aliphatic rings. The van der Waals surface area contributed by atoms with Gasteiger partial charge in [0.1, 0.15) is 0 Å². The first-order valence-corrected chi connectivity index (χ1v) is 7.82. The molecule has 2 rings (SSSR count). The maximum atomic E-state index is 12.7. The molecule has 1 aromatic carbocycles. The molecule has 1 aliphatic carbocycles. The van der Waals surface area contributed by atoms with Crippen LogP contribution in [0.5, 0.6) is 0 Å². The van der Waals surface area contributed by atoms with Gasteiger partial charge in [0.25, 0.3) is 0 Å². The van der Waals surface area contributed by atoms with Crippen molar-refractivity contribution in [3.8, 4) is 0 Å². The Morgan fingerprint density at radius 2 is 1.86 bits per heavy atom. The zero-order valence-electron chi connectivity index (χ0n) is 12.2. The van der Waals surface area contributed by atoms with Crippen molar-refractivity contribution in [2.45, 2.75) is 37.4 Å². The second-order valence-corrected chi connectivity index (χ2v) is 6.73. The van der Waals surface area contributed by atoms with E-state index in [9.17, 15) is 13.2 Å². The minimum absolute atomic E-state index is 0.0993. The lowest BCUT2D eigenvalue weighted by Crippen LogP contribution is -2.47. The van der Waals surface area contributed by atoms with E-state index < -0.39 is 11.7 Å². The zero-order chi connectivity index (χ0) is 15.7. The lowest BCUT2D eigenvalue weighted by atomic mass is 9.96. The van der Waals surface area contributed by atoms with Crippen molar-refractivity contribution in [2.75, 3.05) is 26.0 Å². The monoisotopic (exact) mass is 364 g/mol. The van der Waals surface area contributed by atoms with E-state index in [1.807, 2.05) is 0 Å². The van der Waals surface area contributed by atoms with Crippen LogP contribution in [0, 0.1) is 0 Å². The Morgan fingerprint density at radius 3 is 2.33 bits per heavy atom. The summed E-state index contributed by atoms with van der Waals surface area (Å²) in [5, 5.41) is 3.30. The third-order valence-electron chi connectivity index (χ3n) is 4.39. The van der Waals surface area contributed by atoms with Gasteiger partial charge in [-0.15, -0.1) is 0 Å². The molecule has 0 radical (unpaired) electrons. The molecule has 0 saturated heterocycles. The summed E-state index contributed by atoms with van der Waals surface area (Å²) in [5.41, 5.74) is 0.168. The van der Waals surface area contributed by atoms with Gasteiger partial charge in [-0.1, -0.05) is 12.8 Å². The summed E-state index contributed by atoms with van der Waals surface area (Å²) in [7, 11) is 4.13. The van der Waals surface area contributed by atoms with Crippen molar-refractivity contribution in [3.63, 3.8) is 0 Å². The third-order valence-corrected chi connectivity index (χ3v) is 5.04. The predicted molar refractivity (Wildman–Crippen MR) is 82.5 cm³/mol. The van der Waals surface area contributed by atoms with Gasteiger partial charge in [-0.2, -0.15) is 13.2 Å². The lowest BCUT2D eigenvalue weighted by Gasteiger charge is -2.37. The maximum absolute atomic E-state index is 12.7. The highest BCUT2D eigenvalue weighted by Crippen LogP contribution is 2.36. The van der Waals surface area contributed by atoms with Gasteiger partial charge in [0.2, 0.25) is 0 Å². The molecule has 118 valence electrons. The topological polar surface area (TPSA) is 15.3 Å². The van der Waals surface area contributed by atoms with Gasteiger partial charge in [0, 0.05) is 22.2 Å². The van der Waals surface area contributed by atoms with Crippen LogP contribution in [0.25, 0.3) is 0 Å². The van der Waals surface area contributed by atoms with Gasteiger partial charge in [0.15, 0.2) is 0 Å². The molecule has 0 unspecified atom stereocenters. The van der Waals surface area contributed by atoms with E-state index in [-0.39, 0.29) is 5.54 Å². The van der Waals surface area contributed by atoms with Crippen LogP contribution in [0.4, 0.5) is 18.9 Å². The normalized spacial score (nSPS) is 18.2. The smallest absolute Gasteiger partial charge is 0.382 e. The van der Waals surface area contributed by atoms with Crippen molar-refractivity contribution >= 4 is 21.6 Å². The van der Waals surface area contributed by atoms with E-state index in [4.69, 9.17) is 0 Å². The average molecular weight is 365 g/mol. The number of likely N-dealkylation sites (N-methyl/N-ethyl adjacent to an activating group) is 1. The van der Waals surface area contributed by atoms with Crippen LogP contribution in [0.1, 0.15) is 31.2 Å². The number of hydrogen-bond acceptors (Lipinski definition) is 2. The average Bonchev–Trinajstić information content (AvgIpc) is 2.86. The van der Waals surface area contributed by atoms with Crippen molar-refractivity contribution in [3.05, 3.63) is 28.2 Å². The van der Waals surface area contributed by atoms with E-state index in [2.05, 4.69) is 40.2 Å². The minimum atomic E-state index is -4.31. The van der Waals surface area contributed by atoms with Gasteiger partial charge in [-0.3, -0.25) is 0 Å². The Hall–Kier alpha value is -0.750. The van der Waals surface area contributed by atoms with E-state index in [0.717, 1.165) is 31.5 Å². The van der Waals surface area contributed by atoms with Crippen LogP contribution >= 0.6 is 15.9 Å². The molecule has 0 amide bonds. The molecular formula is C15H20BrF3N2. The molecular weight excluding hydrogens is 345 g/mol. The Labute approximate surface area is 131 Å². The second kappa shape index (κ2) is 6.16. The van der Waals surface area contributed by atoms with Crippen molar-refractivity contribution < 1.29 is 13.2 Å². The van der Waals surface area contributed by atoms with Gasteiger partial charge in [-0.05, 0) is 61.1 Å². The fourth-order valence-corrected chi connectivity index (χ4v) is 3.43. The molecule has 21 heavy (non-hydrogen) atoms. The first kappa shape index (κ1) is 16.6. The molecule has 0 heterocycles. The van der Waals surface area contributed by atoms with Gasteiger partial charge < -0.3 is 10.2 Å². The standard InChI is InChI=1S/C15H20BrF3N2/c1-21(2)14(7-3-4-8-14)10-20-13-6-5-11(9-12(13)16)15(17,18)19/h5-6,9,20H,3-4,7-8,10H2,1-2H3. The summed E-state index contributed by atoms with van der Waals surface area (Å²) in [6.07, 6.45) is 0.329. The van der Waals surface area contributed by atoms with Crippen LogP contribution in [0.3, 0.4) is 0 Å². The molecule has 1 N–H and O–H groups in total. The van der Waals surface area contributed by atoms with Crippen LogP contribution in [0.15, 0.2) is 22.7 Å². The van der Waals surface area contributed by atoms with Crippen molar-refractivity contribution in [1.82, 2.24) is 4.90 Å². The SMILES string of the molecule is CN(C)C1(CNc2ccc(C(F)(F)F)cc2Br)CCCC1. The Kier molecular flexibility index (Phi) is 4.88. The number of nitrogens with one attached hydrogen (secondary N) is 1. The molecule has 0 atom stereocenters. The first-order chi connectivity index (χ1) is 9.74. The highest BCUT2D eigenvalue weighted by molar-refractivity contribution is 9.10. The molecule has 1 fully saturated rings. The summed E-state index contributed by atoms with van der Waals surface area (Å²) in [6.45, 7) is 0.740. The fourth-order valence-electron chi connectivity index (χ4n) is 2.91. The van der Waals surface area contributed by atoms with E-state index in [1.165, 1.54) is 18.9 Å². The largest absolute Gasteiger partial charge is 0.416 e. The summed E-state index contributed by atoms with van der Waals surface area (Å²) < 4.78 is 38.4. The Bertz CT molecular complexity index is 494. The number of rotatable bonds is 4. The number of halogens is 4. The molecule has 0 spiro atoms. The highest BCUT2D eigenvalue weighted by atomic mass is 79.9. The molecule has 1 saturated carbocycles. The fraction of sp³-hybridized carbons (Fsp3) is 0.600. The van der Waals surface area contributed by atoms with Crippen LogP contribution in [0.2, 0.25) is 0 Å². The van der Waals surface area contributed by atoms with Crippen molar-refractivity contribution in [1.29, 1.82) is 0 Å². The van der Waals surface area contributed by atoms with E-state index in [0.29, 0.717) is 10.2 Å². The lowest BCUT2D eigenvalue weighted by molar-refractivity contribution is -0.137. The number of alkyl halides is 3. The molecule has 0 aromatic heterocycles. The predicted octanol–water partition coefficient (Wildman–Crippen LogP) is 4.75. The van der Waals surface area contributed by atoms with Crippen LogP contribution in [-0.4, -0.2) is 31.1 Å². The first-order valence-electron chi connectivity index (χ1n) is 7.03. The molecule has 6 heteroatoms. The Balaban J connectivity index is 2.10. The summed E-state index contributed by atoms with van der Waals surface area (Å²) in [4.78, 5) is 2.23. The quantitative estimate of drug-likeness (QED) is 0.828. The Morgan fingerprint density at radius 1 is 1.24 bits per heavy atom. The number of anilines is 1. The zero-order valence-corrected chi connectivity index (χ0v) is 13.8. The number of hydrogen-bond donors (Lipinski definition) is 1. The molecule has 0 aliphatic heterocycles. The van der Waals surface area contributed by atoms with Crippen LogP contribution in [-0.2, 0) is 6.18 Å². The third kappa shape index (κ3) is 3.72. The summed E-state index contributed by atoms with van der Waals surface area (Å²) >= 11 is 3.23. The van der Waals surface area contributed by atoms with Crippen molar-refractivity contribution in [2.24, 2.45) is 0 Å². The maximum Gasteiger partial charge on any atom is 0.416 e.